The minimum absolute atomic E-state index is 0.171. The second-order valence-electron chi connectivity index (χ2n) is 5.11. The number of rotatable bonds is 2. The molecule has 0 saturated heterocycles. The van der Waals surface area contributed by atoms with Gasteiger partial charge in [-0.15, -0.1) is 0 Å². The molecule has 0 aromatic carbocycles. The van der Waals surface area contributed by atoms with Crippen molar-refractivity contribution in [3.63, 3.8) is 0 Å². The SMILES string of the molecule is Cc1nn(Cc2cc3n(n2)CCC3)c(=O)c(C#N)c1C. The molecule has 0 saturated carbocycles. The van der Waals surface area contributed by atoms with Crippen LogP contribution < -0.4 is 5.56 Å². The summed E-state index contributed by atoms with van der Waals surface area (Å²) in [7, 11) is 0. The summed E-state index contributed by atoms with van der Waals surface area (Å²) >= 11 is 0. The van der Waals surface area contributed by atoms with Gasteiger partial charge in [-0.05, 0) is 38.3 Å². The first kappa shape index (κ1) is 12.6. The van der Waals surface area contributed by atoms with Gasteiger partial charge >= 0.3 is 0 Å². The molecule has 0 bridgehead atoms. The van der Waals surface area contributed by atoms with Gasteiger partial charge in [-0.1, -0.05) is 0 Å². The van der Waals surface area contributed by atoms with E-state index in [9.17, 15) is 4.79 Å². The summed E-state index contributed by atoms with van der Waals surface area (Å²) in [6.07, 6.45) is 2.16. The highest BCUT2D eigenvalue weighted by Crippen LogP contribution is 2.15. The fourth-order valence-electron chi connectivity index (χ4n) is 2.56. The highest BCUT2D eigenvalue weighted by atomic mass is 16.1. The smallest absolute Gasteiger partial charge is 0.269 e. The Labute approximate surface area is 116 Å². The van der Waals surface area contributed by atoms with E-state index in [0.717, 1.165) is 25.1 Å². The van der Waals surface area contributed by atoms with Crippen LogP contribution in [0.5, 0.6) is 0 Å². The molecule has 0 radical (unpaired) electrons. The van der Waals surface area contributed by atoms with Gasteiger partial charge in [0.25, 0.3) is 5.56 Å². The minimum Gasteiger partial charge on any atom is -0.269 e. The normalized spacial score (nSPS) is 13.2. The Bertz CT molecular complexity index is 757. The van der Waals surface area contributed by atoms with Gasteiger partial charge in [-0.2, -0.15) is 15.5 Å². The van der Waals surface area contributed by atoms with E-state index in [0.29, 0.717) is 17.8 Å². The van der Waals surface area contributed by atoms with Gasteiger partial charge in [0.05, 0.1) is 17.9 Å². The number of aryl methyl sites for hydroxylation is 3. The Morgan fingerprint density at radius 3 is 2.90 bits per heavy atom. The number of fused-ring (bicyclic) bond motifs is 1. The highest BCUT2D eigenvalue weighted by Gasteiger charge is 2.16. The van der Waals surface area contributed by atoms with Crippen LogP contribution in [0.25, 0.3) is 0 Å². The van der Waals surface area contributed by atoms with E-state index in [2.05, 4.69) is 10.2 Å². The summed E-state index contributed by atoms with van der Waals surface area (Å²) in [6, 6.07) is 3.99. The van der Waals surface area contributed by atoms with Crippen molar-refractivity contribution < 1.29 is 0 Å². The van der Waals surface area contributed by atoms with Crippen LogP contribution in [-0.2, 0) is 19.5 Å². The van der Waals surface area contributed by atoms with E-state index in [1.807, 2.05) is 16.8 Å². The zero-order valence-corrected chi connectivity index (χ0v) is 11.6. The van der Waals surface area contributed by atoms with E-state index in [1.54, 1.807) is 13.8 Å². The zero-order valence-electron chi connectivity index (χ0n) is 11.6. The van der Waals surface area contributed by atoms with Crippen LogP contribution >= 0.6 is 0 Å². The lowest BCUT2D eigenvalue weighted by molar-refractivity contribution is 0.586. The van der Waals surface area contributed by atoms with Gasteiger partial charge in [0.2, 0.25) is 0 Å². The quantitative estimate of drug-likeness (QED) is 0.812. The van der Waals surface area contributed by atoms with Gasteiger partial charge in [-0.25, -0.2) is 4.68 Å². The van der Waals surface area contributed by atoms with Crippen molar-refractivity contribution in [3.05, 3.63) is 44.6 Å². The molecule has 6 heteroatoms. The molecule has 0 spiro atoms. The molecule has 1 aliphatic heterocycles. The number of hydrogen-bond donors (Lipinski definition) is 0. The summed E-state index contributed by atoms with van der Waals surface area (Å²) in [5, 5.41) is 17.8. The molecule has 3 heterocycles. The lowest BCUT2D eigenvalue weighted by Crippen LogP contribution is -2.28. The summed E-state index contributed by atoms with van der Waals surface area (Å²) in [6.45, 7) is 4.81. The Hall–Kier alpha value is -2.42. The maximum Gasteiger partial charge on any atom is 0.285 e. The molecule has 0 unspecified atom stereocenters. The fraction of sp³-hybridized carbons (Fsp3) is 0.429. The van der Waals surface area contributed by atoms with Crippen LogP contribution in [0.3, 0.4) is 0 Å². The Balaban J connectivity index is 2.01. The zero-order chi connectivity index (χ0) is 14.3. The third-order valence-electron chi connectivity index (χ3n) is 3.78. The molecule has 102 valence electrons. The molecule has 0 fully saturated rings. The van der Waals surface area contributed by atoms with Crippen LogP contribution in [0.2, 0.25) is 0 Å². The van der Waals surface area contributed by atoms with Gasteiger partial charge < -0.3 is 0 Å². The topological polar surface area (TPSA) is 76.5 Å². The summed E-state index contributed by atoms with van der Waals surface area (Å²) in [5.41, 5.74) is 3.21. The van der Waals surface area contributed by atoms with E-state index in [-0.39, 0.29) is 11.1 Å². The van der Waals surface area contributed by atoms with Gasteiger partial charge in [0, 0.05) is 12.2 Å². The number of nitriles is 1. The van der Waals surface area contributed by atoms with Crippen molar-refractivity contribution in [2.45, 2.75) is 39.8 Å². The molecule has 1 aliphatic rings. The van der Waals surface area contributed by atoms with Crippen molar-refractivity contribution in [1.29, 1.82) is 5.26 Å². The van der Waals surface area contributed by atoms with E-state index in [1.165, 1.54) is 10.4 Å². The van der Waals surface area contributed by atoms with Crippen LogP contribution in [0.1, 0.15) is 34.6 Å². The molecule has 20 heavy (non-hydrogen) atoms. The van der Waals surface area contributed by atoms with Crippen molar-refractivity contribution in [2.24, 2.45) is 0 Å². The van der Waals surface area contributed by atoms with Gasteiger partial charge in [0.1, 0.15) is 11.6 Å². The van der Waals surface area contributed by atoms with Crippen molar-refractivity contribution in [3.8, 4) is 6.07 Å². The van der Waals surface area contributed by atoms with Gasteiger partial charge in [0.15, 0.2) is 0 Å². The molecule has 6 nitrogen and oxygen atoms in total. The first-order valence-electron chi connectivity index (χ1n) is 6.64. The van der Waals surface area contributed by atoms with E-state index in [4.69, 9.17) is 5.26 Å². The molecule has 0 amide bonds. The maximum atomic E-state index is 12.2. The largest absolute Gasteiger partial charge is 0.285 e. The molecule has 2 aromatic heterocycles. The maximum absolute atomic E-state index is 12.2. The lowest BCUT2D eigenvalue weighted by Gasteiger charge is -2.07. The number of aromatic nitrogens is 4. The molecule has 0 atom stereocenters. The van der Waals surface area contributed by atoms with Crippen LogP contribution in [0.15, 0.2) is 10.9 Å². The van der Waals surface area contributed by atoms with Gasteiger partial charge in [-0.3, -0.25) is 9.48 Å². The fourth-order valence-corrected chi connectivity index (χ4v) is 2.56. The van der Waals surface area contributed by atoms with Crippen LogP contribution in [0, 0.1) is 25.2 Å². The Morgan fingerprint density at radius 2 is 2.20 bits per heavy atom. The highest BCUT2D eigenvalue weighted by molar-refractivity contribution is 5.36. The minimum atomic E-state index is -0.344. The second kappa shape index (κ2) is 4.60. The van der Waals surface area contributed by atoms with Crippen molar-refractivity contribution >= 4 is 0 Å². The van der Waals surface area contributed by atoms with E-state index >= 15 is 0 Å². The number of nitrogens with zero attached hydrogens (tertiary/aromatic N) is 5. The molecule has 0 N–H and O–H groups in total. The lowest BCUT2D eigenvalue weighted by atomic mass is 10.1. The molecular formula is C14H15N5O. The van der Waals surface area contributed by atoms with Crippen LogP contribution in [0.4, 0.5) is 0 Å². The first-order chi connectivity index (χ1) is 9.60. The molecule has 3 rings (SSSR count). The Kier molecular flexibility index (Phi) is 2.90. The third kappa shape index (κ3) is 1.92. The standard InChI is InChI=1S/C14H15N5O/c1-9-10(2)16-19(14(20)13(9)7-15)8-11-6-12-4-3-5-18(12)17-11/h6H,3-5,8H2,1-2H3. The average Bonchev–Trinajstić information content (AvgIpc) is 2.97. The molecule has 0 aliphatic carbocycles. The predicted octanol–water partition coefficient (Wildman–Crippen LogP) is 0.923. The average molecular weight is 269 g/mol. The second-order valence-corrected chi connectivity index (χ2v) is 5.11. The first-order valence-corrected chi connectivity index (χ1v) is 6.64. The van der Waals surface area contributed by atoms with E-state index < -0.39 is 0 Å². The summed E-state index contributed by atoms with van der Waals surface area (Å²) in [5.74, 6) is 0. The predicted molar refractivity (Wildman–Crippen MR) is 72.3 cm³/mol. The summed E-state index contributed by atoms with van der Waals surface area (Å²) in [4.78, 5) is 12.2. The molecular weight excluding hydrogens is 254 g/mol. The third-order valence-corrected chi connectivity index (χ3v) is 3.78. The van der Waals surface area contributed by atoms with Crippen LogP contribution in [-0.4, -0.2) is 19.6 Å². The molecule has 2 aromatic rings. The number of hydrogen-bond acceptors (Lipinski definition) is 4. The Morgan fingerprint density at radius 1 is 1.40 bits per heavy atom. The monoisotopic (exact) mass is 269 g/mol. The van der Waals surface area contributed by atoms with Crippen molar-refractivity contribution in [1.82, 2.24) is 19.6 Å². The van der Waals surface area contributed by atoms with Crippen molar-refractivity contribution in [2.75, 3.05) is 0 Å². The summed E-state index contributed by atoms with van der Waals surface area (Å²) < 4.78 is 3.31.